The van der Waals surface area contributed by atoms with Crippen LogP contribution in [0.15, 0.2) is 12.2 Å². The number of ether oxygens (including phenoxy) is 2. The summed E-state index contributed by atoms with van der Waals surface area (Å²) in [7, 11) is 0. The Hall–Kier alpha value is -1.44. The van der Waals surface area contributed by atoms with Crippen LogP contribution in [0.5, 0.6) is 0 Å². The average molecular weight is 362 g/mol. The number of hydrogen-bond donors (Lipinski definition) is 3. The van der Waals surface area contributed by atoms with E-state index in [-0.39, 0.29) is 5.92 Å². The number of aliphatic hydroxyl groups is 2. The fourth-order valence-electron chi connectivity index (χ4n) is 7.98. The van der Waals surface area contributed by atoms with Crippen molar-refractivity contribution >= 4 is 11.9 Å². The number of epoxide rings is 1. The van der Waals surface area contributed by atoms with Gasteiger partial charge >= 0.3 is 11.9 Å². The number of hydrogen-bond acceptors (Lipinski definition) is 6. The molecule has 2 heterocycles. The van der Waals surface area contributed by atoms with Crippen molar-refractivity contribution in [3.8, 4) is 0 Å². The van der Waals surface area contributed by atoms with Crippen LogP contribution in [-0.2, 0) is 19.1 Å². The number of carboxylic acids is 1. The molecular weight excluding hydrogens is 340 g/mol. The van der Waals surface area contributed by atoms with E-state index < -0.39 is 64.1 Å². The molecule has 0 aromatic heterocycles. The van der Waals surface area contributed by atoms with Crippen molar-refractivity contribution in [1.29, 1.82) is 0 Å². The van der Waals surface area contributed by atoms with E-state index >= 15 is 0 Å². The van der Waals surface area contributed by atoms with Crippen LogP contribution in [-0.4, -0.2) is 56.8 Å². The zero-order valence-corrected chi connectivity index (χ0v) is 14.5. The van der Waals surface area contributed by atoms with Crippen LogP contribution < -0.4 is 0 Å². The third-order valence-electron chi connectivity index (χ3n) is 8.86. The zero-order chi connectivity index (χ0) is 18.4. The Morgan fingerprint density at radius 3 is 2.81 bits per heavy atom. The van der Waals surface area contributed by atoms with Crippen molar-refractivity contribution in [2.24, 2.45) is 28.6 Å². The Morgan fingerprint density at radius 2 is 2.12 bits per heavy atom. The summed E-state index contributed by atoms with van der Waals surface area (Å²) >= 11 is 0. The highest BCUT2D eigenvalue weighted by atomic mass is 16.6. The fourth-order valence-corrected chi connectivity index (χ4v) is 7.98. The Labute approximate surface area is 150 Å². The first kappa shape index (κ1) is 15.6. The van der Waals surface area contributed by atoms with Crippen molar-refractivity contribution < 1.29 is 34.4 Å². The van der Waals surface area contributed by atoms with Gasteiger partial charge in [-0.1, -0.05) is 6.58 Å². The van der Waals surface area contributed by atoms with E-state index in [2.05, 4.69) is 6.58 Å². The van der Waals surface area contributed by atoms with Crippen molar-refractivity contribution in [3.63, 3.8) is 0 Å². The van der Waals surface area contributed by atoms with E-state index in [0.29, 0.717) is 31.3 Å². The lowest BCUT2D eigenvalue weighted by Crippen LogP contribution is -2.59. The molecule has 6 aliphatic rings. The molecule has 7 heteroatoms. The van der Waals surface area contributed by atoms with E-state index in [1.54, 1.807) is 6.92 Å². The molecule has 0 aromatic carbocycles. The number of aliphatic hydroxyl groups excluding tert-OH is 1. The molecule has 4 aliphatic carbocycles. The van der Waals surface area contributed by atoms with Gasteiger partial charge in [-0.3, -0.25) is 9.59 Å². The van der Waals surface area contributed by atoms with Crippen LogP contribution in [0.1, 0.15) is 32.6 Å². The van der Waals surface area contributed by atoms with E-state index in [1.165, 1.54) is 0 Å². The predicted octanol–water partition coefficient (Wildman–Crippen LogP) is 0.238. The molecule has 10 atom stereocenters. The summed E-state index contributed by atoms with van der Waals surface area (Å²) in [6.45, 7) is 5.77. The van der Waals surface area contributed by atoms with Gasteiger partial charge in [0.25, 0.3) is 0 Å². The highest BCUT2D eigenvalue weighted by molar-refractivity contribution is 5.86. The van der Waals surface area contributed by atoms with Crippen molar-refractivity contribution in [3.05, 3.63) is 12.2 Å². The number of fused-ring (bicyclic) bond motifs is 3. The number of aliphatic carboxylic acids is 1. The minimum atomic E-state index is -1.24. The zero-order valence-electron chi connectivity index (χ0n) is 14.5. The van der Waals surface area contributed by atoms with Gasteiger partial charge in [-0.05, 0) is 43.6 Å². The second-order valence-electron chi connectivity index (χ2n) is 9.60. The minimum absolute atomic E-state index is 0.313. The van der Waals surface area contributed by atoms with Crippen molar-refractivity contribution in [2.75, 3.05) is 0 Å². The smallest absolute Gasteiger partial charge is 0.315 e. The molecule has 6 rings (SSSR count). The summed E-state index contributed by atoms with van der Waals surface area (Å²) in [6.07, 6.45) is -0.314. The first-order valence-electron chi connectivity index (χ1n) is 9.33. The number of carbonyl (C=O) groups excluding carboxylic acids is 1. The Kier molecular flexibility index (Phi) is 2.33. The lowest BCUT2D eigenvalue weighted by Gasteiger charge is -2.46. The van der Waals surface area contributed by atoms with Crippen molar-refractivity contribution in [1.82, 2.24) is 0 Å². The monoisotopic (exact) mass is 362 g/mol. The topological polar surface area (TPSA) is 117 Å². The van der Waals surface area contributed by atoms with Gasteiger partial charge in [-0.2, -0.15) is 0 Å². The maximum atomic E-state index is 12.9. The summed E-state index contributed by atoms with van der Waals surface area (Å²) in [5.74, 6) is -3.29. The highest BCUT2D eigenvalue weighted by Gasteiger charge is 2.90. The normalized spacial score (nSPS) is 63.8. The molecule has 0 amide bonds. The average Bonchev–Trinajstić information content (AvgIpc) is 3.24. The molecule has 4 bridgehead atoms. The molecule has 3 N–H and O–H groups in total. The second kappa shape index (κ2) is 3.88. The summed E-state index contributed by atoms with van der Waals surface area (Å²) in [4.78, 5) is 25.4. The Balaban J connectivity index is 1.63. The van der Waals surface area contributed by atoms with E-state index in [9.17, 15) is 24.9 Å². The largest absolute Gasteiger partial charge is 0.481 e. The van der Waals surface area contributed by atoms with E-state index in [1.807, 2.05) is 0 Å². The van der Waals surface area contributed by atoms with Crippen LogP contribution in [0.25, 0.3) is 0 Å². The lowest BCUT2D eigenvalue weighted by atomic mass is 9.59. The number of rotatable bonds is 1. The first-order chi connectivity index (χ1) is 12.1. The third kappa shape index (κ3) is 1.22. The molecular formula is C19H22O7. The first-order valence-corrected chi connectivity index (χ1v) is 9.33. The minimum Gasteiger partial charge on any atom is -0.481 e. The molecule has 0 radical (unpaired) electrons. The van der Waals surface area contributed by atoms with Crippen LogP contribution in [0.4, 0.5) is 0 Å². The van der Waals surface area contributed by atoms with Gasteiger partial charge in [-0.15, -0.1) is 0 Å². The molecule has 140 valence electrons. The van der Waals surface area contributed by atoms with Gasteiger partial charge in [0, 0.05) is 11.8 Å². The fraction of sp³-hybridized carbons (Fsp3) is 0.789. The molecule has 26 heavy (non-hydrogen) atoms. The Bertz CT molecular complexity index is 808. The molecule has 4 saturated carbocycles. The molecule has 7 nitrogen and oxygen atoms in total. The molecule has 6 fully saturated rings. The highest BCUT2D eigenvalue weighted by Crippen LogP contribution is 2.80. The summed E-state index contributed by atoms with van der Waals surface area (Å²) in [6, 6.07) is 0. The van der Waals surface area contributed by atoms with Gasteiger partial charge in [0.05, 0.1) is 11.5 Å². The van der Waals surface area contributed by atoms with E-state index in [4.69, 9.17) is 9.47 Å². The number of carboxylic acid groups (broad SMARTS) is 1. The third-order valence-corrected chi connectivity index (χ3v) is 8.86. The van der Waals surface area contributed by atoms with Gasteiger partial charge < -0.3 is 24.8 Å². The standard InChI is InChI=1S/C19H22O7/c1-7-5-17-6-18(7,24)4-3-8(17)19-11(9(17)14(21)22)16(2,15(23)26-19)13-10(25-13)12(19)20/h8-13,20,24H,1,3-6H2,2H3,(H,21,22). The SMILES string of the molecule is C=C1CC23CC1(O)CCC2C12OC(=O)C(C)(C4OC4C1O)C2C3C(=O)O. The lowest BCUT2D eigenvalue weighted by molar-refractivity contribution is -0.180. The summed E-state index contributed by atoms with van der Waals surface area (Å²) in [5, 5.41) is 32.3. The van der Waals surface area contributed by atoms with Crippen LogP contribution >= 0.6 is 0 Å². The Morgan fingerprint density at radius 1 is 1.38 bits per heavy atom. The number of esters is 1. The second-order valence-corrected chi connectivity index (χ2v) is 9.60. The summed E-state index contributed by atoms with van der Waals surface area (Å²) < 4.78 is 11.6. The van der Waals surface area contributed by atoms with Crippen molar-refractivity contribution in [2.45, 2.75) is 62.1 Å². The van der Waals surface area contributed by atoms with Gasteiger partial charge in [-0.25, -0.2) is 0 Å². The molecule has 1 spiro atoms. The predicted molar refractivity (Wildman–Crippen MR) is 84.7 cm³/mol. The van der Waals surface area contributed by atoms with Gasteiger partial charge in [0.1, 0.15) is 29.3 Å². The molecule has 2 saturated heterocycles. The number of carbonyl (C=O) groups is 2. The van der Waals surface area contributed by atoms with Crippen LogP contribution in [0.3, 0.4) is 0 Å². The molecule has 0 aromatic rings. The summed E-state index contributed by atoms with van der Waals surface area (Å²) in [5.41, 5.74) is -3.42. The van der Waals surface area contributed by atoms with Crippen LogP contribution in [0, 0.1) is 28.6 Å². The quantitative estimate of drug-likeness (QED) is 0.347. The van der Waals surface area contributed by atoms with Crippen LogP contribution in [0.2, 0.25) is 0 Å². The van der Waals surface area contributed by atoms with E-state index in [0.717, 1.165) is 0 Å². The van der Waals surface area contributed by atoms with Gasteiger partial charge in [0.2, 0.25) is 0 Å². The maximum Gasteiger partial charge on any atom is 0.315 e. The maximum absolute atomic E-state index is 12.9. The molecule has 2 aliphatic heterocycles. The van der Waals surface area contributed by atoms with Gasteiger partial charge in [0.15, 0.2) is 0 Å². The molecule has 10 unspecified atom stereocenters.